The molecule has 0 saturated carbocycles. The molecule has 1 saturated heterocycles. The lowest BCUT2D eigenvalue weighted by atomic mass is 9.74. The first-order chi connectivity index (χ1) is 10.3. The lowest BCUT2D eigenvalue weighted by molar-refractivity contribution is 0.0663. The van der Waals surface area contributed by atoms with Crippen molar-refractivity contribution in [3.8, 4) is 0 Å². The zero-order valence-corrected chi connectivity index (χ0v) is 12.0. The summed E-state index contributed by atoms with van der Waals surface area (Å²) in [5.74, 6) is 0.883. The molecule has 1 aliphatic carbocycles. The van der Waals surface area contributed by atoms with Crippen molar-refractivity contribution < 1.29 is 4.79 Å². The number of hydrogen-bond acceptors (Lipinski definition) is 2. The molecule has 21 heavy (non-hydrogen) atoms. The molecule has 2 aromatic rings. The average molecular weight is 277 g/mol. The van der Waals surface area contributed by atoms with E-state index in [2.05, 4.69) is 41.3 Å². The highest BCUT2D eigenvalue weighted by molar-refractivity contribution is 6.02. The van der Waals surface area contributed by atoms with Crippen LogP contribution < -0.4 is 0 Å². The second-order valence-corrected chi connectivity index (χ2v) is 6.14. The quantitative estimate of drug-likeness (QED) is 0.835. The van der Waals surface area contributed by atoms with Gasteiger partial charge in [-0.3, -0.25) is 9.69 Å². The van der Waals surface area contributed by atoms with Gasteiger partial charge in [-0.2, -0.15) is 0 Å². The first-order valence-corrected chi connectivity index (χ1v) is 7.74. The van der Waals surface area contributed by atoms with E-state index < -0.39 is 0 Å². The molecule has 0 aromatic heterocycles. The van der Waals surface area contributed by atoms with Gasteiger partial charge in [-0.1, -0.05) is 54.6 Å². The number of hydrogen-bond donors (Lipinski definition) is 0. The van der Waals surface area contributed by atoms with E-state index in [1.165, 1.54) is 11.1 Å². The van der Waals surface area contributed by atoms with Gasteiger partial charge in [0, 0.05) is 12.1 Å². The number of likely N-dealkylation sites (tertiary alicyclic amines) is 1. The van der Waals surface area contributed by atoms with Gasteiger partial charge in [-0.05, 0) is 36.4 Å². The average Bonchev–Trinajstić information content (AvgIpc) is 2.55. The fraction of sp³-hybridized carbons (Fsp3) is 0.316. The van der Waals surface area contributed by atoms with Crippen molar-refractivity contribution in [2.45, 2.75) is 31.3 Å². The predicted molar refractivity (Wildman–Crippen MR) is 83.4 cm³/mol. The molecule has 2 bridgehead atoms. The maximum atomic E-state index is 12.8. The zero-order chi connectivity index (χ0) is 14.2. The molecule has 2 unspecified atom stereocenters. The SMILES string of the molecule is O=C1c2ccccc2C2CCN(Cc3ccccc3)C1C2. The van der Waals surface area contributed by atoms with Gasteiger partial charge in [-0.25, -0.2) is 0 Å². The Hall–Kier alpha value is -1.93. The first kappa shape index (κ1) is 12.8. The van der Waals surface area contributed by atoms with E-state index in [9.17, 15) is 4.79 Å². The number of benzene rings is 2. The van der Waals surface area contributed by atoms with Crippen LogP contribution in [0.15, 0.2) is 54.6 Å². The van der Waals surface area contributed by atoms with E-state index in [0.717, 1.165) is 31.5 Å². The molecule has 2 atom stereocenters. The molecule has 2 aromatic carbocycles. The van der Waals surface area contributed by atoms with E-state index in [-0.39, 0.29) is 6.04 Å². The fourth-order valence-electron chi connectivity index (χ4n) is 3.83. The molecule has 4 rings (SSSR count). The highest BCUT2D eigenvalue weighted by Gasteiger charge is 2.40. The zero-order valence-electron chi connectivity index (χ0n) is 12.0. The number of fused-ring (bicyclic) bond motifs is 4. The third kappa shape index (κ3) is 2.20. The minimum absolute atomic E-state index is 0.0684. The van der Waals surface area contributed by atoms with Crippen LogP contribution >= 0.6 is 0 Å². The summed E-state index contributed by atoms with van der Waals surface area (Å²) in [5.41, 5.74) is 3.53. The van der Waals surface area contributed by atoms with Crippen molar-refractivity contribution in [3.63, 3.8) is 0 Å². The fourth-order valence-corrected chi connectivity index (χ4v) is 3.83. The van der Waals surface area contributed by atoms with Crippen LogP contribution in [0.25, 0.3) is 0 Å². The second-order valence-electron chi connectivity index (χ2n) is 6.14. The summed E-state index contributed by atoms with van der Waals surface area (Å²) in [6, 6.07) is 18.7. The highest BCUT2D eigenvalue weighted by atomic mass is 16.1. The maximum absolute atomic E-state index is 12.8. The molecule has 2 nitrogen and oxygen atoms in total. The molecule has 1 fully saturated rings. The summed E-state index contributed by atoms with van der Waals surface area (Å²) >= 11 is 0. The molecule has 106 valence electrons. The van der Waals surface area contributed by atoms with Gasteiger partial charge in [0.25, 0.3) is 0 Å². The Morgan fingerprint density at radius 2 is 1.76 bits per heavy atom. The summed E-state index contributed by atoms with van der Waals surface area (Å²) in [7, 11) is 0. The largest absolute Gasteiger partial charge is 0.292 e. The summed E-state index contributed by atoms with van der Waals surface area (Å²) in [5, 5.41) is 0. The standard InChI is InChI=1S/C19H19NO/c21-19-17-9-5-4-8-16(17)15-10-11-20(18(19)12-15)13-14-6-2-1-3-7-14/h1-9,15,18H,10-13H2. The van der Waals surface area contributed by atoms with E-state index in [1.54, 1.807) is 0 Å². The Labute approximate surface area is 125 Å². The highest BCUT2D eigenvalue weighted by Crippen LogP contribution is 2.40. The Bertz CT molecular complexity index is 664. The Balaban J connectivity index is 1.63. The molecule has 2 aliphatic rings. The molecule has 0 radical (unpaired) electrons. The van der Waals surface area contributed by atoms with Gasteiger partial charge in [0.15, 0.2) is 5.78 Å². The third-order valence-corrected chi connectivity index (χ3v) is 4.91. The van der Waals surface area contributed by atoms with Gasteiger partial charge in [-0.15, -0.1) is 0 Å². The molecule has 0 N–H and O–H groups in total. The third-order valence-electron chi connectivity index (χ3n) is 4.91. The van der Waals surface area contributed by atoms with Crippen LogP contribution in [0.5, 0.6) is 0 Å². The van der Waals surface area contributed by atoms with Gasteiger partial charge in [0.05, 0.1) is 6.04 Å². The Morgan fingerprint density at radius 1 is 1.00 bits per heavy atom. The Morgan fingerprint density at radius 3 is 2.62 bits per heavy atom. The van der Waals surface area contributed by atoms with Gasteiger partial charge in [0.2, 0.25) is 0 Å². The van der Waals surface area contributed by atoms with Crippen LogP contribution in [-0.4, -0.2) is 23.3 Å². The molecule has 0 amide bonds. The van der Waals surface area contributed by atoms with Crippen LogP contribution in [0.3, 0.4) is 0 Å². The van der Waals surface area contributed by atoms with E-state index in [4.69, 9.17) is 0 Å². The molecule has 1 aliphatic heterocycles. The number of rotatable bonds is 2. The van der Waals surface area contributed by atoms with Crippen LogP contribution in [-0.2, 0) is 6.54 Å². The lowest BCUT2D eigenvalue weighted by Gasteiger charge is -2.42. The minimum atomic E-state index is 0.0684. The summed E-state index contributed by atoms with van der Waals surface area (Å²) < 4.78 is 0. The van der Waals surface area contributed by atoms with Crippen molar-refractivity contribution in [1.29, 1.82) is 0 Å². The van der Waals surface area contributed by atoms with Crippen LogP contribution in [0.2, 0.25) is 0 Å². The van der Waals surface area contributed by atoms with Crippen LogP contribution in [0.4, 0.5) is 0 Å². The summed E-state index contributed by atoms with van der Waals surface area (Å²) in [4.78, 5) is 15.2. The van der Waals surface area contributed by atoms with Crippen molar-refractivity contribution in [2.75, 3.05) is 6.54 Å². The summed E-state index contributed by atoms with van der Waals surface area (Å²) in [6.07, 6.45) is 2.15. The number of ketones is 1. The van der Waals surface area contributed by atoms with Gasteiger partial charge < -0.3 is 0 Å². The van der Waals surface area contributed by atoms with Crippen molar-refractivity contribution in [1.82, 2.24) is 4.90 Å². The molecular formula is C19H19NO. The number of carbonyl (C=O) groups is 1. The van der Waals surface area contributed by atoms with E-state index >= 15 is 0 Å². The number of carbonyl (C=O) groups excluding carboxylic acids is 1. The maximum Gasteiger partial charge on any atom is 0.180 e. The van der Waals surface area contributed by atoms with Crippen LogP contribution in [0.1, 0.15) is 40.2 Å². The monoisotopic (exact) mass is 277 g/mol. The Kier molecular flexibility index (Phi) is 3.12. The van der Waals surface area contributed by atoms with E-state index in [0.29, 0.717) is 11.7 Å². The van der Waals surface area contributed by atoms with Gasteiger partial charge in [0.1, 0.15) is 0 Å². The molecule has 0 spiro atoms. The number of piperidine rings is 1. The second kappa shape index (κ2) is 5.12. The normalized spacial score (nSPS) is 24.7. The first-order valence-electron chi connectivity index (χ1n) is 7.74. The smallest absolute Gasteiger partial charge is 0.180 e. The topological polar surface area (TPSA) is 20.3 Å². The van der Waals surface area contributed by atoms with Crippen molar-refractivity contribution >= 4 is 5.78 Å². The van der Waals surface area contributed by atoms with E-state index in [1.807, 2.05) is 18.2 Å². The lowest BCUT2D eigenvalue weighted by Crippen LogP contribution is -2.49. The number of nitrogens with zero attached hydrogens (tertiary/aromatic N) is 1. The predicted octanol–water partition coefficient (Wildman–Crippen LogP) is 3.63. The molecular weight excluding hydrogens is 258 g/mol. The van der Waals surface area contributed by atoms with Crippen molar-refractivity contribution in [2.24, 2.45) is 0 Å². The summed E-state index contributed by atoms with van der Waals surface area (Å²) in [6.45, 7) is 1.90. The number of Topliss-reactive ketones (excluding diaryl/α,β-unsaturated/α-hetero) is 1. The van der Waals surface area contributed by atoms with Crippen molar-refractivity contribution in [3.05, 3.63) is 71.3 Å². The molecule has 2 heteroatoms. The molecule has 1 heterocycles. The van der Waals surface area contributed by atoms with Gasteiger partial charge >= 0.3 is 0 Å². The minimum Gasteiger partial charge on any atom is -0.292 e. The van der Waals surface area contributed by atoms with Crippen LogP contribution in [0, 0.1) is 0 Å².